The van der Waals surface area contributed by atoms with Crippen LogP contribution in [0.4, 0.5) is 17.1 Å². The van der Waals surface area contributed by atoms with E-state index >= 15 is 0 Å². The summed E-state index contributed by atoms with van der Waals surface area (Å²) in [5, 5.41) is 10.2. The monoisotopic (exact) mass is 597 g/mol. The lowest BCUT2D eigenvalue weighted by Gasteiger charge is -2.26. The van der Waals surface area contributed by atoms with E-state index in [-0.39, 0.29) is 0 Å². The van der Waals surface area contributed by atoms with Gasteiger partial charge in [-0.15, -0.1) is 22.7 Å². The Morgan fingerprint density at radius 3 is 2.09 bits per heavy atom. The van der Waals surface area contributed by atoms with Gasteiger partial charge in [0.2, 0.25) is 0 Å². The van der Waals surface area contributed by atoms with E-state index in [1.165, 1.54) is 56.8 Å². The van der Waals surface area contributed by atoms with Crippen LogP contribution in [0.2, 0.25) is 0 Å². The van der Waals surface area contributed by atoms with Crippen molar-refractivity contribution < 1.29 is 4.42 Å². The summed E-state index contributed by atoms with van der Waals surface area (Å²) in [5.74, 6) is 0. The molecule has 0 fully saturated rings. The quantitative estimate of drug-likeness (QED) is 0.201. The van der Waals surface area contributed by atoms with Gasteiger partial charge in [-0.05, 0) is 53.2 Å². The van der Waals surface area contributed by atoms with E-state index in [1.54, 1.807) is 0 Å². The van der Waals surface area contributed by atoms with Gasteiger partial charge in [0.05, 0.1) is 10.4 Å². The number of anilines is 3. The number of fused-ring (bicyclic) bond motifs is 12. The number of benzene rings is 7. The fraction of sp³-hybridized carbons (Fsp3) is 0. The largest absolute Gasteiger partial charge is 0.456 e. The van der Waals surface area contributed by atoms with E-state index in [9.17, 15) is 0 Å². The number of para-hydroxylation sites is 2. The van der Waals surface area contributed by atoms with Gasteiger partial charge in [-0.3, -0.25) is 0 Å². The maximum Gasteiger partial charge on any atom is 0.137 e. The molecular weight excluding hydrogens is 575 g/mol. The third-order valence-corrected chi connectivity index (χ3v) is 11.3. The minimum Gasteiger partial charge on any atom is -0.456 e. The van der Waals surface area contributed by atoms with Gasteiger partial charge in [0.25, 0.3) is 0 Å². The van der Waals surface area contributed by atoms with Gasteiger partial charge >= 0.3 is 0 Å². The Labute approximate surface area is 260 Å². The van der Waals surface area contributed by atoms with Crippen LogP contribution in [0.3, 0.4) is 0 Å². The molecule has 3 aromatic heterocycles. The van der Waals surface area contributed by atoms with Crippen molar-refractivity contribution in [1.29, 1.82) is 0 Å². The summed E-state index contributed by atoms with van der Waals surface area (Å²) < 4.78 is 11.7. The zero-order chi connectivity index (χ0) is 28.8. The third-order valence-electron chi connectivity index (χ3n) is 8.84. The normalized spacial score (nSPS) is 12.1. The highest BCUT2D eigenvalue weighted by Crippen LogP contribution is 2.50. The van der Waals surface area contributed by atoms with Crippen LogP contribution in [0.25, 0.3) is 73.1 Å². The first-order chi connectivity index (χ1) is 21.8. The third kappa shape index (κ3) is 3.41. The number of nitrogens with zero attached hydrogens (tertiary/aromatic N) is 1. The lowest BCUT2D eigenvalue weighted by atomic mass is 10.0. The van der Waals surface area contributed by atoms with Crippen LogP contribution in [-0.2, 0) is 0 Å². The average molecular weight is 598 g/mol. The summed E-state index contributed by atoms with van der Waals surface area (Å²) in [6.45, 7) is 0. The Morgan fingerprint density at radius 1 is 0.432 bits per heavy atom. The van der Waals surface area contributed by atoms with Crippen molar-refractivity contribution in [3.63, 3.8) is 0 Å². The molecule has 0 radical (unpaired) electrons. The number of furan rings is 1. The first-order valence-electron chi connectivity index (χ1n) is 14.8. The molecule has 0 aliphatic heterocycles. The molecule has 4 heteroatoms. The van der Waals surface area contributed by atoms with Gasteiger partial charge in [0.1, 0.15) is 11.2 Å². The lowest BCUT2D eigenvalue weighted by molar-refractivity contribution is 0.669. The minimum atomic E-state index is 0.896. The molecule has 0 N–H and O–H groups in total. The molecule has 0 atom stereocenters. The Bertz CT molecular complexity index is 2730. The van der Waals surface area contributed by atoms with Crippen LogP contribution >= 0.6 is 22.7 Å². The smallest absolute Gasteiger partial charge is 0.137 e. The summed E-state index contributed by atoms with van der Waals surface area (Å²) >= 11 is 3.81. The first-order valence-corrected chi connectivity index (χ1v) is 16.4. The number of hydrogen-bond donors (Lipinski definition) is 0. The topological polar surface area (TPSA) is 16.4 Å². The van der Waals surface area contributed by atoms with Crippen molar-refractivity contribution in [1.82, 2.24) is 0 Å². The summed E-state index contributed by atoms with van der Waals surface area (Å²) in [7, 11) is 0. The molecule has 0 unspecified atom stereocenters. The molecule has 7 aromatic carbocycles. The Balaban J connectivity index is 1.25. The maximum atomic E-state index is 6.34. The van der Waals surface area contributed by atoms with Crippen LogP contribution < -0.4 is 4.90 Å². The van der Waals surface area contributed by atoms with Gasteiger partial charge in [-0.1, -0.05) is 91.0 Å². The minimum absolute atomic E-state index is 0.896. The molecule has 0 aliphatic carbocycles. The summed E-state index contributed by atoms with van der Waals surface area (Å²) in [5.41, 5.74) is 5.17. The van der Waals surface area contributed by atoms with Crippen molar-refractivity contribution in [2.45, 2.75) is 0 Å². The van der Waals surface area contributed by atoms with Crippen LogP contribution in [-0.4, -0.2) is 0 Å². The van der Waals surface area contributed by atoms with E-state index in [1.807, 2.05) is 34.8 Å². The van der Waals surface area contributed by atoms with Crippen molar-refractivity contribution in [3.8, 4) is 0 Å². The van der Waals surface area contributed by atoms with E-state index in [0.717, 1.165) is 33.3 Å². The highest BCUT2D eigenvalue weighted by Gasteiger charge is 2.21. The summed E-state index contributed by atoms with van der Waals surface area (Å²) in [6.07, 6.45) is 0. The zero-order valence-corrected chi connectivity index (χ0v) is 25.1. The highest BCUT2D eigenvalue weighted by atomic mass is 32.1. The van der Waals surface area contributed by atoms with Crippen LogP contribution in [0.1, 0.15) is 0 Å². The SMILES string of the molecule is c1ccc(N(c2ccc3c(c2)oc2ccccc23)c2cccc3c2sc2ccc4c5ccc6ccccc6c5sc4c23)cc1. The molecule has 206 valence electrons. The second-order valence-corrected chi connectivity index (χ2v) is 13.4. The molecule has 2 nitrogen and oxygen atoms in total. The van der Waals surface area contributed by atoms with Gasteiger partial charge < -0.3 is 9.32 Å². The Kier molecular flexibility index (Phi) is 5.06. The highest BCUT2D eigenvalue weighted by molar-refractivity contribution is 7.30. The molecule has 10 rings (SSSR count). The van der Waals surface area contributed by atoms with Crippen LogP contribution in [0, 0.1) is 0 Å². The summed E-state index contributed by atoms with van der Waals surface area (Å²) in [6, 6.07) is 50.2. The molecule has 3 heterocycles. The average Bonchev–Trinajstić information content (AvgIpc) is 3.76. The molecule has 44 heavy (non-hydrogen) atoms. The van der Waals surface area contributed by atoms with Crippen molar-refractivity contribution in [2.75, 3.05) is 4.90 Å². The van der Waals surface area contributed by atoms with Crippen LogP contribution in [0.15, 0.2) is 144 Å². The second kappa shape index (κ2) is 9.17. The van der Waals surface area contributed by atoms with Gasteiger partial charge in [-0.2, -0.15) is 0 Å². The van der Waals surface area contributed by atoms with E-state index in [2.05, 4.69) is 132 Å². The molecule has 0 spiro atoms. The summed E-state index contributed by atoms with van der Waals surface area (Å²) in [4.78, 5) is 2.37. The molecule has 0 saturated heterocycles. The Hall–Kier alpha value is -5.16. The van der Waals surface area contributed by atoms with Gasteiger partial charge in [0.15, 0.2) is 0 Å². The number of thiophene rings is 2. The number of hydrogen-bond acceptors (Lipinski definition) is 4. The maximum absolute atomic E-state index is 6.34. The lowest BCUT2D eigenvalue weighted by Crippen LogP contribution is -2.09. The standard InChI is InChI=1S/C40H23NOS2/c1-2-10-25(11-3-1)41(26-18-20-29-28-13-6-7-16-34(28)42-35(29)23-26)33-15-8-14-32-37-36(43-39(32)33)22-21-31-30-19-17-24-9-4-5-12-27(24)38(30)44-40(31)37/h1-23H. The fourth-order valence-corrected chi connectivity index (χ4v) is 9.54. The zero-order valence-electron chi connectivity index (χ0n) is 23.5. The van der Waals surface area contributed by atoms with Crippen molar-refractivity contribution in [3.05, 3.63) is 140 Å². The van der Waals surface area contributed by atoms with Gasteiger partial charge in [0, 0.05) is 63.9 Å². The predicted octanol–water partition coefficient (Wildman–Crippen LogP) is 12.9. The molecule has 0 aliphatic rings. The Morgan fingerprint density at radius 2 is 1.16 bits per heavy atom. The van der Waals surface area contributed by atoms with Crippen LogP contribution in [0.5, 0.6) is 0 Å². The van der Waals surface area contributed by atoms with E-state index < -0.39 is 0 Å². The molecule has 10 aromatic rings. The van der Waals surface area contributed by atoms with Crippen molar-refractivity contribution >= 4 is 113 Å². The molecule has 0 amide bonds. The fourth-order valence-electron chi connectivity index (χ4n) is 6.86. The predicted molar refractivity (Wildman–Crippen MR) is 192 cm³/mol. The number of rotatable bonds is 3. The first kappa shape index (κ1) is 24.3. The van der Waals surface area contributed by atoms with Gasteiger partial charge in [-0.25, -0.2) is 0 Å². The second-order valence-electron chi connectivity index (χ2n) is 11.3. The van der Waals surface area contributed by atoms with Crippen molar-refractivity contribution in [2.24, 2.45) is 0 Å². The molecule has 0 saturated carbocycles. The van der Waals surface area contributed by atoms with E-state index in [0.29, 0.717) is 0 Å². The molecular formula is C40H23NOS2. The van der Waals surface area contributed by atoms with E-state index in [4.69, 9.17) is 4.42 Å². The molecule has 0 bridgehead atoms.